The molecule has 2 atom stereocenters. The molecule has 0 aliphatic carbocycles. The van der Waals surface area contributed by atoms with E-state index in [-0.39, 0.29) is 5.91 Å². The first kappa shape index (κ1) is 16.5. The lowest BCUT2D eigenvalue weighted by Gasteiger charge is -2.37. The van der Waals surface area contributed by atoms with E-state index >= 15 is 0 Å². The van der Waals surface area contributed by atoms with Crippen molar-refractivity contribution in [3.63, 3.8) is 0 Å². The minimum atomic E-state index is 0.238. The number of hydrogen-bond acceptors (Lipinski definition) is 3. The van der Waals surface area contributed by atoms with Crippen molar-refractivity contribution in [2.75, 3.05) is 13.1 Å². The fourth-order valence-electron chi connectivity index (χ4n) is 4.73. The zero-order valence-corrected chi connectivity index (χ0v) is 15.0. The molecule has 0 unspecified atom stereocenters. The average Bonchev–Trinajstić information content (AvgIpc) is 3.02. The maximum absolute atomic E-state index is 12.0. The average molecular weight is 337 g/mol. The molecule has 2 aromatic rings. The van der Waals surface area contributed by atoms with E-state index in [0.717, 1.165) is 38.0 Å². The zero-order chi connectivity index (χ0) is 17.2. The molecular formula is C21H27N3O. The first-order valence-corrected chi connectivity index (χ1v) is 9.58. The second kappa shape index (κ2) is 7.12. The lowest BCUT2D eigenvalue weighted by Crippen LogP contribution is -2.47. The van der Waals surface area contributed by atoms with Gasteiger partial charge in [-0.3, -0.25) is 14.7 Å². The van der Waals surface area contributed by atoms with Crippen LogP contribution in [0.5, 0.6) is 0 Å². The Morgan fingerprint density at radius 3 is 2.88 bits per heavy atom. The predicted octanol–water partition coefficient (Wildman–Crippen LogP) is 3.60. The van der Waals surface area contributed by atoms with Crippen molar-refractivity contribution < 1.29 is 4.79 Å². The van der Waals surface area contributed by atoms with Gasteiger partial charge >= 0.3 is 0 Å². The molecule has 0 radical (unpaired) electrons. The Labute approximate surface area is 149 Å². The van der Waals surface area contributed by atoms with E-state index < -0.39 is 0 Å². The summed E-state index contributed by atoms with van der Waals surface area (Å²) >= 11 is 0. The first-order valence-electron chi connectivity index (χ1n) is 9.58. The summed E-state index contributed by atoms with van der Waals surface area (Å²) in [5, 5.41) is 1.25. The zero-order valence-electron chi connectivity index (χ0n) is 15.0. The van der Waals surface area contributed by atoms with Crippen molar-refractivity contribution in [1.29, 1.82) is 0 Å². The summed E-state index contributed by atoms with van der Waals surface area (Å²) in [6.45, 7) is 4.72. The van der Waals surface area contributed by atoms with E-state index in [2.05, 4.69) is 39.0 Å². The molecule has 2 aliphatic heterocycles. The van der Waals surface area contributed by atoms with Crippen molar-refractivity contribution >= 4 is 16.8 Å². The molecule has 25 heavy (non-hydrogen) atoms. The monoisotopic (exact) mass is 337 g/mol. The highest BCUT2D eigenvalue weighted by atomic mass is 16.2. The van der Waals surface area contributed by atoms with Crippen LogP contribution in [0.1, 0.15) is 44.6 Å². The van der Waals surface area contributed by atoms with Crippen LogP contribution >= 0.6 is 0 Å². The molecule has 0 spiro atoms. The number of fused-ring (bicyclic) bond motifs is 2. The van der Waals surface area contributed by atoms with Crippen molar-refractivity contribution in [3.05, 3.63) is 42.1 Å². The number of benzene rings is 1. The molecule has 0 N–H and O–H groups in total. The molecule has 132 valence electrons. The van der Waals surface area contributed by atoms with Gasteiger partial charge in [0.2, 0.25) is 5.91 Å². The minimum absolute atomic E-state index is 0.238. The lowest BCUT2D eigenvalue weighted by atomic mass is 9.96. The summed E-state index contributed by atoms with van der Waals surface area (Å²) in [7, 11) is 0. The molecule has 4 heteroatoms. The van der Waals surface area contributed by atoms with E-state index in [0.29, 0.717) is 12.1 Å². The van der Waals surface area contributed by atoms with Gasteiger partial charge in [0.05, 0.1) is 5.52 Å². The molecule has 1 aromatic carbocycles. The highest BCUT2D eigenvalue weighted by molar-refractivity contribution is 5.81. The smallest absolute Gasteiger partial charge is 0.219 e. The van der Waals surface area contributed by atoms with Crippen molar-refractivity contribution in [3.8, 4) is 0 Å². The largest absolute Gasteiger partial charge is 0.338 e. The number of aromatic nitrogens is 1. The Morgan fingerprint density at radius 2 is 2.00 bits per heavy atom. The van der Waals surface area contributed by atoms with Crippen LogP contribution in [0.3, 0.4) is 0 Å². The third kappa shape index (κ3) is 3.28. The number of carbonyl (C=O) groups excluding carboxylic acids is 1. The third-order valence-electron chi connectivity index (χ3n) is 5.94. The second-order valence-electron chi connectivity index (χ2n) is 7.44. The summed E-state index contributed by atoms with van der Waals surface area (Å²) in [5.41, 5.74) is 2.42. The van der Waals surface area contributed by atoms with E-state index in [1.165, 1.54) is 30.2 Å². The van der Waals surface area contributed by atoms with E-state index in [1.807, 2.05) is 12.3 Å². The first-order chi connectivity index (χ1) is 12.2. The van der Waals surface area contributed by atoms with E-state index in [1.54, 1.807) is 6.92 Å². The van der Waals surface area contributed by atoms with Crippen LogP contribution in [0.25, 0.3) is 10.9 Å². The summed E-state index contributed by atoms with van der Waals surface area (Å²) in [6, 6.07) is 11.5. The van der Waals surface area contributed by atoms with Gasteiger partial charge in [-0.25, -0.2) is 0 Å². The van der Waals surface area contributed by atoms with Gasteiger partial charge in [-0.15, -0.1) is 0 Å². The molecule has 0 saturated carbocycles. The van der Waals surface area contributed by atoms with Crippen molar-refractivity contribution in [1.82, 2.24) is 14.8 Å². The number of pyridine rings is 1. The van der Waals surface area contributed by atoms with Gasteiger partial charge in [0, 0.05) is 43.7 Å². The number of likely N-dealkylation sites (tertiary alicyclic amines) is 2. The molecule has 4 rings (SSSR count). The molecule has 2 fully saturated rings. The lowest BCUT2D eigenvalue weighted by molar-refractivity contribution is -0.130. The summed E-state index contributed by atoms with van der Waals surface area (Å²) in [4.78, 5) is 21.3. The number of hydrogen-bond donors (Lipinski definition) is 0. The van der Waals surface area contributed by atoms with Gasteiger partial charge < -0.3 is 4.90 Å². The van der Waals surface area contributed by atoms with Gasteiger partial charge in [0.25, 0.3) is 0 Å². The number of rotatable bonds is 2. The molecule has 2 aliphatic rings. The summed E-state index contributed by atoms with van der Waals surface area (Å²) < 4.78 is 0. The predicted molar refractivity (Wildman–Crippen MR) is 100 cm³/mol. The van der Waals surface area contributed by atoms with Crippen LogP contribution in [0.2, 0.25) is 0 Å². The van der Waals surface area contributed by atoms with Gasteiger partial charge in [-0.05, 0) is 43.5 Å². The van der Waals surface area contributed by atoms with Crippen molar-refractivity contribution in [2.45, 2.75) is 57.7 Å². The van der Waals surface area contributed by atoms with Gasteiger partial charge in [-0.1, -0.05) is 31.0 Å². The van der Waals surface area contributed by atoms with Crippen LogP contribution in [0, 0.1) is 0 Å². The molecule has 2 saturated heterocycles. The fraction of sp³-hybridized carbons (Fsp3) is 0.524. The molecular weight excluding hydrogens is 310 g/mol. The highest BCUT2D eigenvalue weighted by Gasteiger charge is 2.39. The fourth-order valence-corrected chi connectivity index (χ4v) is 4.73. The Hall–Kier alpha value is -1.94. The van der Waals surface area contributed by atoms with Crippen LogP contribution < -0.4 is 0 Å². The maximum atomic E-state index is 12.0. The SMILES string of the molecule is CC(=O)N1CC[C@H]2[C@H]1CCCCCN2Cc1cccc2ncccc12. The molecule has 0 bridgehead atoms. The quantitative estimate of drug-likeness (QED) is 0.840. The second-order valence-corrected chi connectivity index (χ2v) is 7.44. The van der Waals surface area contributed by atoms with E-state index in [4.69, 9.17) is 0 Å². The standard InChI is InChI=1S/C21H27N3O/c1-16(25)24-14-11-20-21(24)10-3-2-4-13-23(20)15-17-7-5-9-19-18(17)8-6-12-22-19/h5-9,12,20-21H,2-4,10-11,13-15H2,1H3/t20-,21+/m0/s1. The van der Waals surface area contributed by atoms with Crippen LogP contribution in [-0.2, 0) is 11.3 Å². The van der Waals surface area contributed by atoms with Crippen LogP contribution in [-0.4, -0.2) is 45.9 Å². The maximum Gasteiger partial charge on any atom is 0.219 e. The van der Waals surface area contributed by atoms with Gasteiger partial charge in [0.1, 0.15) is 0 Å². The van der Waals surface area contributed by atoms with Gasteiger partial charge in [-0.2, -0.15) is 0 Å². The minimum Gasteiger partial charge on any atom is -0.338 e. The molecule has 3 heterocycles. The molecule has 1 aromatic heterocycles. The Bertz CT molecular complexity index is 754. The topological polar surface area (TPSA) is 36.4 Å². The molecule has 4 nitrogen and oxygen atoms in total. The van der Waals surface area contributed by atoms with Crippen molar-refractivity contribution in [2.24, 2.45) is 0 Å². The Balaban J connectivity index is 1.62. The molecule has 1 amide bonds. The highest BCUT2D eigenvalue weighted by Crippen LogP contribution is 2.31. The Morgan fingerprint density at radius 1 is 1.08 bits per heavy atom. The number of amides is 1. The van der Waals surface area contributed by atoms with Crippen LogP contribution in [0.4, 0.5) is 0 Å². The Kier molecular flexibility index (Phi) is 4.71. The number of carbonyl (C=O) groups is 1. The summed E-state index contributed by atoms with van der Waals surface area (Å²) in [6.07, 6.45) is 7.89. The number of nitrogens with zero attached hydrogens (tertiary/aromatic N) is 3. The summed E-state index contributed by atoms with van der Waals surface area (Å²) in [5.74, 6) is 0.238. The van der Waals surface area contributed by atoms with Crippen LogP contribution in [0.15, 0.2) is 36.5 Å². The van der Waals surface area contributed by atoms with Gasteiger partial charge in [0.15, 0.2) is 0 Å². The normalized spacial score (nSPS) is 24.8. The third-order valence-corrected chi connectivity index (χ3v) is 5.94. The van der Waals surface area contributed by atoms with E-state index in [9.17, 15) is 4.79 Å².